The maximum absolute atomic E-state index is 10.7. The molecular weight excluding hydrogens is 408 g/mol. The zero-order valence-electron chi connectivity index (χ0n) is 11.1. The second-order valence-corrected chi connectivity index (χ2v) is 7.44. The maximum atomic E-state index is 10.7. The summed E-state index contributed by atoms with van der Waals surface area (Å²) in [6.45, 7) is -1.20. The van der Waals surface area contributed by atoms with Crippen LogP contribution in [0.4, 0.5) is 0 Å². The Kier molecular flexibility index (Phi) is 6.63. The topological polar surface area (TPSA) is 240 Å². The van der Waals surface area contributed by atoms with Gasteiger partial charge in [-0.25, -0.2) is 12.5 Å². The van der Waals surface area contributed by atoms with E-state index in [1.165, 1.54) is 0 Å². The second kappa shape index (κ2) is 7.39. The SMILES string of the molecule is O=S(=O)(O)OC[C@H]1O[C@H](OS(=O)(=O)O)[C@H](O)[C@@H](OS(=O)(=O)O)[C@@H]1O. The zero-order chi connectivity index (χ0) is 18.9. The van der Waals surface area contributed by atoms with Crippen LogP contribution in [-0.4, -0.2) is 86.4 Å². The van der Waals surface area contributed by atoms with Crippen LogP contribution in [0.15, 0.2) is 0 Å². The van der Waals surface area contributed by atoms with E-state index >= 15 is 0 Å². The quantitative estimate of drug-likeness (QED) is 0.248. The Hall–Kier alpha value is -0.510. The monoisotopic (exact) mass is 420 g/mol. The van der Waals surface area contributed by atoms with Crippen LogP contribution < -0.4 is 0 Å². The number of hydrogen-bond donors (Lipinski definition) is 5. The number of aliphatic hydroxyl groups excluding tert-OH is 2. The van der Waals surface area contributed by atoms with Crippen LogP contribution in [0.5, 0.6) is 0 Å². The van der Waals surface area contributed by atoms with Crippen LogP contribution in [0, 0.1) is 0 Å². The molecule has 1 fully saturated rings. The number of aliphatic hydroxyl groups is 2. The lowest BCUT2D eigenvalue weighted by Crippen LogP contribution is -2.61. The van der Waals surface area contributed by atoms with Crippen molar-refractivity contribution in [3.63, 3.8) is 0 Å². The van der Waals surface area contributed by atoms with Crippen molar-refractivity contribution < 1.29 is 66.4 Å². The van der Waals surface area contributed by atoms with Gasteiger partial charge in [0.25, 0.3) is 0 Å². The summed E-state index contributed by atoms with van der Waals surface area (Å²) in [7, 11) is -15.6. The molecule has 18 heteroatoms. The van der Waals surface area contributed by atoms with Crippen LogP contribution in [0.1, 0.15) is 0 Å². The number of hydrogen-bond acceptors (Lipinski definition) is 12. The molecule has 1 saturated heterocycles. The Morgan fingerprint density at radius 1 is 0.792 bits per heavy atom. The van der Waals surface area contributed by atoms with E-state index in [1.54, 1.807) is 0 Å². The fraction of sp³-hybridized carbons (Fsp3) is 1.00. The van der Waals surface area contributed by atoms with E-state index in [-0.39, 0.29) is 0 Å². The van der Waals surface area contributed by atoms with Crippen LogP contribution >= 0.6 is 0 Å². The van der Waals surface area contributed by atoms with Gasteiger partial charge in [-0.2, -0.15) is 25.3 Å². The minimum atomic E-state index is -5.27. The first-order valence-electron chi connectivity index (χ1n) is 5.54. The third kappa shape index (κ3) is 7.16. The second-order valence-electron chi connectivity index (χ2n) is 4.25. The number of ether oxygens (including phenoxy) is 1. The molecule has 144 valence electrons. The fourth-order valence-electron chi connectivity index (χ4n) is 1.65. The van der Waals surface area contributed by atoms with Gasteiger partial charge < -0.3 is 14.9 Å². The van der Waals surface area contributed by atoms with Crippen molar-refractivity contribution in [1.29, 1.82) is 0 Å². The number of rotatable bonds is 7. The molecule has 1 aliphatic heterocycles. The van der Waals surface area contributed by atoms with E-state index in [0.717, 1.165) is 0 Å². The van der Waals surface area contributed by atoms with Gasteiger partial charge in [0.2, 0.25) is 6.29 Å². The first-order valence-corrected chi connectivity index (χ1v) is 9.63. The Morgan fingerprint density at radius 2 is 1.29 bits per heavy atom. The lowest BCUT2D eigenvalue weighted by Gasteiger charge is -2.40. The molecule has 0 aromatic heterocycles. The zero-order valence-corrected chi connectivity index (χ0v) is 13.6. The Balaban J connectivity index is 3.07. The largest absolute Gasteiger partial charge is 0.399 e. The van der Waals surface area contributed by atoms with Crippen LogP contribution in [0.3, 0.4) is 0 Å². The molecular formula is C6H12O15S3. The third-order valence-electron chi connectivity index (χ3n) is 2.47. The summed E-state index contributed by atoms with van der Waals surface area (Å²) in [5.41, 5.74) is 0. The maximum Gasteiger partial charge on any atom is 0.399 e. The van der Waals surface area contributed by atoms with E-state index in [1.807, 2.05) is 0 Å². The minimum Gasteiger partial charge on any atom is -0.387 e. The Labute approximate surface area is 135 Å². The highest BCUT2D eigenvalue weighted by molar-refractivity contribution is 7.81. The van der Waals surface area contributed by atoms with Gasteiger partial charge in [-0.1, -0.05) is 0 Å². The van der Waals surface area contributed by atoms with Crippen molar-refractivity contribution in [2.75, 3.05) is 6.61 Å². The smallest absolute Gasteiger partial charge is 0.387 e. The summed E-state index contributed by atoms with van der Waals surface area (Å²) >= 11 is 0. The molecule has 0 unspecified atom stereocenters. The van der Waals surface area contributed by atoms with Crippen molar-refractivity contribution >= 4 is 31.2 Å². The molecule has 1 aliphatic rings. The molecule has 0 spiro atoms. The van der Waals surface area contributed by atoms with E-state index < -0.39 is 68.5 Å². The van der Waals surface area contributed by atoms with Gasteiger partial charge >= 0.3 is 31.2 Å². The van der Waals surface area contributed by atoms with Gasteiger partial charge in [-0.15, -0.1) is 0 Å². The molecule has 0 aliphatic carbocycles. The molecule has 0 saturated carbocycles. The molecule has 5 atom stereocenters. The molecule has 0 bridgehead atoms. The molecule has 0 radical (unpaired) electrons. The molecule has 15 nitrogen and oxygen atoms in total. The van der Waals surface area contributed by atoms with Crippen molar-refractivity contribution in [3.05, 3.63) is 0 Å². The lowest BCUT2D eigenvalue weighted by molar-refractivity contribution is -0.271. The third-order valence-corrected chi connectivity index (χ3v) is 3.80. The van der Waals surface area contributed by atoms with Crippen LogP contribution in [-0.2, 0) is 48.5 Å². The van der Waals surface area contributed by atoms with E-state index in [0.29, 0.717) is 0 Å². The molecule has 0 aromatic carbocycles. The fourth-order valence-corrected chi connectivity index (χ4v) is 2.86. The van der Waals surface area contributed by atoms with Crippen LogP contribution in [0.2, 0.25) is 0 Å². The predicted octanol–water partition coefficient (Wildman–Crippen LogP) is -3.74. The van der Waals surface area contributed by atoms with Gasteiger partial charge in [0.15, 0.2) is 0 Å². The highest BCUT2D eigenvalue weighted by Crippen LogP contribution is 2.26. The summed E-state index contributed by atoms with van der Waals surface area (Å²) in [6.07, 6.45) is -11.2. The molecule has 1 rings (SSSR count). The van der Waals surface area contributed by atoms with Crippen molar-refractivity contribution in [2.24, 2.45) is 0 Å². The molecule has 5 N–H and O–H groups in total. The lowest BCUT2D eigenvalue weighted by atomic mass is 9.99. The van der Waals surface area contributed by atoms with Gasteiger partial charge in [-0.3, -0.25) is 13.7 Å². The van der Waals surface area contributed by atoms with E-state index in [4.69, 9.17) is 13.7 Å². The van der Waals surface area contributed by atoms with Gasteiger partial charge in [-0.05, 0) is 0 Å². The summed E-state index contributed by atoms with van der Waals surface area (Å²) in [5.74, 6) is 0. The first-order chi connectivity index (χ1) is 10.6. The summed E-state index contributed by atoms with van der Waals surface area (Å²) in [6, 6.07) is 0. The van der Waals surface area contributed by atoms with E-state index in [9.17, 15) is 35.5 Å². The van der Waals surface area contributed by atoms with E-state index in [2.05, 4.69) is 17.3 Å². The van der Waals surface area contributed by atoms with Gasteiger partial charge in [0.1, 0.15) is 24.4 Å². The van der Waals surface area contributed by atoms with Crippen LogP contribution in [0.25, 0.3) is 0 Å². The predicted molar refractivity (Wildman–Crippen MR) is 67.2 cm³/mol. The van der Waals surface area contributed by atoms with Gasteiger partial charge in [0, 0.05) is 0 Å². The standard InChI is InChI=1S/C6H12O15S3/c7-3-2(1-18-22(9,10)11)19-6(21-24(15,16)17)4(8)5(3)20-23(12,13)14/h2-8H,1H2,(H,9,10,11)(H,12,13,14)(H,15,16,17)/t2-,3-,4-,5+,6-/m1/s1. The molecule has 0 aromatic rings. The average Bonchev–Trinajstić information content (AvgIpc) is 2.32. The van der Waals surface area contributed by atoms with Gasteiger partial charge in [0.05, 0.1) is 6.61 Å². The van der Waals surface area contributed by atoms with Crippen molar-refractivity contribution in [2.45, 2.75) is 30.7 Å². The van der Waals surface area contributed by atoms with Crippen molar-refractivity contribution in [1.82, 2.24) is 0 Å². The Bertz CT molecular complexity index is 736. The van der Waals surface area contributed by atoms with Crippen molar-refractivity contribution in [3.8, 4) is 0 Å². The highest BCUT2D eigenvalue weighted by atomic mass is 32.3. The summed E-state index contributed by atoms with van der Waals surface area (Å²) in [4.78, 5) is 0. The Morgan fingerprint density at radius 3 is 1.71 bits per heavy atom. The molecule has 0 amide bonds. The molecule has 24 heavy (non-hydrogen) atoms. The normalized spacial score (nSPS) is 32.6. The average molecular weight is 420 g/mol. The molecule has 1 heterocycles. The minimum absolute atomic E-state index is 1.20. The first kappa shape index (κ1) is 21.5. The summed E-state index contributed by atoms with van der Waals surface area (Å²) in [5, 5.41) is 19.4. The summed E-state index contributed by atoms with van der Waals surface area (Å²) < 4.78 is 105. The highest BCUT2D eigenvalue weighted by Gasteiger charge is 2.49.